The Morgan fingerprint density at radius 1 is 1.38 bits per heavy atom. The first-order valence-electron chi connectivity index (χ1n) is 6.30. The lowest BCUT2D eigenvalue weighted by molar-refractivity contribution is -0.127. The van der Waals surface area contributed by atoms with Crippen molar-refractivity contribution in [1.29, 1.82) is 0 Å². The Morgan fingerprint density at radius 2 is 2.00 bits per heavy atom. The third-order valence-corrected chi connectivity index (χ3v) is 3.89. The number of amides is 1. The summed E-state index contributed by atoms with van der Waals surface area (Å²) in [6, 6.07) is 2.98. The van der Waals surface area contributed by atoms with Crippen molar-refractivity contribution < 1.29 is 22.3 Å². The van der Waals surface area contributed by atoms with E-state index in [1.54, 1.807) is 0 Å². The molecule has 0 aliphatic heterocycles. The molecule has 1 amide bonds. The molecule has 1 unspecified atom stereocenters. The number of hydrogen-bond donors (Lipinski definition) is 1. The first-order valence-corrected chi connectivity index (χ1v) is 8.60. The molecular weight excluding hydrogens is 321 g/mol. The molecule has 0 bridgehead atoms. The number of carbonyl (C=O) groups is 1. The van der Waals surface area contributed by atoms with Crippen LogP contribution in [-0.2, 0) is 13.8 Å². The van der Waals surface area contributed by atoms with Crippen molar-refractivity contribution in [3.8, 4) is 5.75 Å². The fourth-order valence-electron chi connectivity index (χ4n) is 1.42. The van der Waals surface area contributed by atoms with Gasteiger partial charge in [0.05, 0.1) is 4.90 Å². The maximum atomic E-state index is 13.7. The second-order valence-corrected chi connectivity index (χ2v) is 7.50. The smallest absolute Gasteiger partial charge is 0.261 e. The van der Waals surface area contributed by atoms with Gasteiger partial charge >= 0.3 is 0 Å². The van der Waals surface area contributed by atoms with Gasteiger partial charge in [0.2, 0.25) is 0 Å². The number of ether oxygens (including phenoxy) is 1. The van der Waals surface area contributed by atoms with Gasteiger partial charge in [-0.15, -0.1) is 0 Å². The second kappa shape index (κ2) is 7.09. The predicted octanol–water partition coefficient (Wildman–Crippen LogP) is 2.29. The summed E-state index contributed by atoms with van der Waals surface area (Å²) < 4.78 is 41.1. The van der Waals surface area contributed by atoms with E-state index in [0.29, 0.717) is 6.54 Å². The first kappa shape index (κ1) is 17.7. The highest BCUT2D eigenvalue weighted by molar-refractivity contribution is 8.13. The summed E-state index contributed by atoms with van der Waals surface area (Å²) in [5.74, 6) is -1.21. The molecule has 0 saturated heterocycles. The summed E-state index contributed by atoms with van der Waals surface area (Å²) >= 11 is 0. The van der Waals surface area contributed by atoms with Crippen LogP contribution in [0, 0.1) is 11.7 Å². The topological polar surface area (TPSA) is 72.5 Å². The Kier molecular flexibility index (Phi) is 5.98. The fourth-order valence-corrected chi connectivity index (χ4v) is 2.18. The quantitative estimate of drug-likeness (QED) is 0.808. The van der Waals surface area contributed by atoms with Gasteiger partial charge in [-0.1, -0.05) is 13.8 Å². The highest BCUT2D eigenvalue weighted by Gasteiger charge is 2.18. The number of benzene rings is 1. The molecule has 0 spiro atoms. The minimum absolute atomic E-state index is 0.216. The van der Waals surface area contributed by atoms with Gasteiger partial charge in [-0.2, -0.15) is 0 Å². The molecule has 21 heavy (non-hydrogen) atoms. The van der Waals surface area contributed by atoms with Gasteiger partial charge in [0.25, 0.3) is 15.0 Å². The van der Waals surface area contributed by atoms with Crippen LogP contribution < -0.4 is 10.1 Å². The van der Waals surface area contributed by atoms with Crippen molar-refractivity contribution in [3.05, 3.63) is 24.0 Å². The maximum absolute atomic E-state index is 13.7. The molecule has 1 N–H and O–H groups in total. The monoisotopic (exact) mass is 337 g/mol. The minimum Gasteiger partial charge on any atom is -0.478 e. The van der Waals surface area contributed by atoms with Crippen molar-refractivity contribution >= 4 is 25.6 Å². The zero-order valence-corrected chi connectivity index (χ0v) is 13.5. The lowest BCUT2D eigenvalue weighted by Gasteiger charge is -2.16. The van der Waals surface area contributed by atoms with E-state index in [2.05, 4.69) is 5.32 Å². The molecule has 1 aromatic rings. The van der Waals surface area contributed by atoms with Crippen LogP contribution >= 0.6 is 10.7 Å². The average molecular weight is 338 g/mol. The van der Waals surface area contributed by atoms with E-state index in [9.17, 15) is 17.6 Å². The molecule has 0 aliphatic carbocycles. The number of halogens is 2. The molecule has 0 fully saturated rings. The summed E-state index contributed by atoms with van der Waals surface area (Å²) in [5, 5.41) is 2.65. The van der Waals surface area contributed by atoms with E-state index in [-0.39, 0.29) is 22.5 Å². The number of carbonyl (C=O) groups excluding carboxylic acids is 1. The van der Waals surface area contributed by atoms with Crippen molar-refractivity contribution in [2.45, 2.75) is 31.8 Å². The maximum Gasteiger partial charge on any atom is 0.261 e. The largest absolute Gasteiger partial charge is 0.478 e. The number of hydrogen-bond acceptors (Lipinski definition) is 4. The third-order valence-electron chi connectivity index (χ3n) is 2.54. The summed E-state index contributed by atoms with van der Waals surface area (Å²) in [5.41, 5.74) is 0. The van der Waals surface area contributed by atoms with Crippen LogP contribution in [0.15, 0.2) is 23.1 Å². The van der Waals surface area contributed by atoms with Gasteiger partial charge in [-0.3, -0.25) is 4.79 Å². The standard InChI is InChI=1S/C13H17ClFNO4S/c1-8(2)7-16-13(17)9(3)20-12-5-4-10(6-11(12)15)21(14,18)19/h4-6,8-9H,7H2,1-3H3,(H,16,17). The van der Waals surface area contributed by atoms with Gasteiger partial charge in [0, 0.05) is 17.2 Å². The van der Waals surface area contributed by atoms with E-state index in [1.165, 1.54) is 6.92 Å². The van der Waals surface area contributed by atoms with Crippen molar-refractivity contribution in [3.63, 3.8) is 0 Å². The van der Waals surface area contributed by atoms with Crippen LogP contribution in [0.3, 0.4) is 0 Å². The third kappa shape index (κ3) is 5.51. The Balaban J connectivity index is 2.77. The van der Waals surface area contributed by atoms with Gasteiger partial charge in [0.1, 0.15) is 0 Å². The normalized spacial score (nSPS) is 13.0. The lowest BCUT2D eigenvalue weighted by Crippen LogP contribution is -2.38. The highest BCUT2D eigenvalue weighted by Crippen LogP contribution is 2.24. The molecule has 1 rings (SSSR count). The molecular formula is C13H17ClFNO4S. The number of nitrogens with one attached hydrogen (secondary N) is 1. The predicted molar refractivity (Wildman–Crippen MR) is 77.4 cm³/mol. The molecule has 0 aromatic heterocycles. The molecule has 8 heteroatoms. The second-order valence-electron chi connectivity index (χ2n) is 4.93. The lowest BCUT2D eigenvalue weighted by atomic mass is 10.2. The summed E-state index contributed by atoms with van der Waals surface area (Å²) in [6.07, 6.45) is -0.906. The zero-order chi connectivity index (χ0) is 16.2. The van der Waals surface area contributed by atoms with Crippen LogP contribution in [0.4, 0.5) is 4.39 Å². The molecule has 5 nitrogen and oxygen atoms in total. The summed E-state index contributed by atoms with van der Waals surface area (Å²) in [7, 11) is 1.10. The van der Waals surface area contributed by atoms with E-state index < -0.39 is 21.0 Å². The van der Waals surface area contributed by atoms with Crippen LogP contribution in [0.5, 0.6) is 5.75 Å². The van der Waals surface area contributed by atoms with Crippen molar-refractivity contribution in [2.24, 2.45) is 5.92 Å². The van der Waals surface area contributed by atoms with Crippen LogP contribution in [-0.4, -0.2) is 27.0 Å². The van der Waals surface area contributed by atoms with Crippen LogP contribution in [0.25, 0.3) is 0 Å². The summed E-state index contributed by atoms with van der Waals surface area (Å²) in [6.45, 7) is 5.84. The van der Waals surface area contributed by atoms with Gasteiger partial charge in [0.15, 0.2) is 17.7 Å². The Morgan fingerprint density at radius 3 is 2.48 bits per heavy atom. The van der Waals surface area contributed by atoms with Crippen LogP contribution in [0.1, 0.15) is 20.8 Å². The van der Waals surface area contributed by atoms with Gasteiger partial charge < -0.3 is 10.1 Å². The first-order chi connectivity index (χ1) is 9.61. The van der Waals surface area contributed by atoms with E-state index in [1.807, 2.05) is 13.8 Å². The van der Waals surface area contributed by atoms with E-state index in [4.69, 9.17) is 15.4 Å². The highest BCUT2D eigenvalue weighted by atomic mass is 35.7. The molecule has 0 radical (unpaired) electrons. The number of rotatable bonds is 6. The van der Waals surface area contributed by atoms with E-state index >= 15 is 0 Å². The SMILES string of the molecule is CC(C)CNC(=O)C(C)Oc1ccc(S(=O)(=O)Cl)cc1F. The molecule has 0 aliphatic rings. The Labute approximate surface area is 127 Å². The zero-order valence-electron chi connectivity index (χ0n) is 11.9. The van der Waals surface area contributed by atoms with Gasteiger partial charge in [-0.25, -0.2) is 12.8 Å². The molecule has 0 heterocycles. The Bertz CT molecular complexity index is 619. The fraction of sp³-hybridized carbons (Fsp3) is 0.462. The molecule has 118 valence electrons. The molecule has 1 atom stereocenters. The Hall–Kier alpha value is -1.34. The van der Waals surface area contributed by atoms with E-state index in [0.717, 1.165) is 18.2 Å². The summed E-state index contributed by atoms with van der Waals surface area (Å²) in [4.78, 5) is 11.3. The minimum atomic E-state index is -4.01. The van der Waals surface area contributed by atoms with Crippen molar-refractivity contribution in [1.82, 2.24) is 5.32 Å². The van der Waals surface area contributed by atoms with Gasteiger partial charge in [-0.05, 0) is 31.0 Å². The average Bonchev–Trinajstić information content (AvgIpc) is 2.36. The van der Waals surface area contributed by atoms with Crippen LogP contribution in [0.2, 0.25) is 0 Å². The van der Waals surface area contributed by atoms with Crippen molar-refractivity contribution in [2.75, 3.05) is 6.54 Å². The molecule has 0 saturated carbocycles. The molecule has 1 aromatic carbocycles.